The highest BCUT2D eigenvalue weighted by atomic mass is 19.1. The molecule has 0 aromatic heterocycles. The molecule has 13 heavy (non-hydrogen) atoms. The molecule has 0 saturated carbocycles. The maximum atomic E-state index is 13.4. The van der Waals surface area contributed by atoms with Gasteiger partial charge in [-0.15, -0.1) is 0 Å². The Morgan fingerprint density at radius 1 is 1.46 bits per heavy atom. The molecule has 1 aromatic carbocycles. The highest BCUT2D eigenvalue weighted by molar-refractivity contribution is 5.65. The molecule has 0 bridgehead atoms. The van der Waals surface area contributed by atoms with E-state index >= 15 is 0 Å². The van der Waals surface area contributed by atoms with Gasteiger partial charge in [0.2, 0.25) is 0 Å². The first kappa shape index (κ1) is 9.97. The molecule has 1 rings (SSSR count). The Morgan fingerprint density at radius 2 is 2.15 bits per heavy atom. The van der Waals surface area contributed by atoms with Crippen molar-refractivity contribution in [3.8, 4) is 0 Å². The van der Waals surface area contributed by atoms with Crippen molar-refractivity contribution in [3.63, 3.8) is 0 Å². The molecule has 1 aromatic rings. The molecule has 0 N–H and O–H groups in total. The second-order valence-corrected chi connectivity index (χ2v) is 3.15. The first-order valence-electron chi connectivity index (χ1n) is 4.60. The van der Waals surface area contributed by atoms with Crippen molar-refractivity contribution in [2.75, 3.05) is 0 Å². The van der Waals surface area contributed by atoms with E-state index in [-0.39, 0.29) is 5.82 Å². The van der Waals surface area contributed by atoms with Crippen molar-refractivity contribution in [2.45, 2.75) is 27.2 Å². The lowest BCUT2D eigenvalue weighted by Gasteiger charge is -2.06. The molecule has 0 radical (unpaired) electrons. The molecule has 0 unspecified atom stereocenters. The Balaban J connectivity index is 3.15. The first-order chi connectivity index (χ1) is 6.19. The Labute approximate surface area is 79.1 Å². The molecule has 0 fully saturated rings. The summed E-state index contributed by atoms with van der Waals surface area (Å²) >= 11 is 0. The van der Waals surface area contributed by atoms with Gasteiger partial charge in [0.1, 0.15) is 5.82 Å². The topological polar surface area (TPSA) is 0 Å². The van der Waals surface area contributed by atoms with E-state index in [4.69, 9.17) is 0 Å². The molecule has 0 atom stereocenters. The SMILES string of the molecule is C/C=C(\CC)c1ccc(C)cc1F. The van der Waals surface area contributed by atoms with Crippen LogP contribution in [-0.2, 0) is 0 Å². The third-order valence-corrected chi connectivity index (χ3v) is 2.20. The van der Waals surface area contributed by atoms with Crippen LogP contribution in [0.15, 0.2) is 24.3 Å². The lowest BCUT2D eigenvalue weighted by atomic mass is 10.0. The molecule has 1 heteroatoms. The van der Waals surface area contributed by atoms with Crippen LogP contribution in [0.4, 0.5) is 4.39 Å². The third kappa shape index (κ3) is 2.18. The predicted octanol–water partition coefficient (Wildman–Crippen LogP) is 3.95. The predicted molar refractivity (Wildman–Crippen MR) is 55.1 cm³/mol. The summed E-state index contributed by atoms with van der Waals surface area (Å²) in [5, 5.41) is 0. The fourth-order valence-electron chi connectivity index (χ4n) is 1.43. The standard InChI is InChI=1S/C12H15F/c1-4-10(5-2)11-7-6-9(3)8-12(11)13/h4,6-8H,5H2,1-3H3/b10-4+. The Morgan fingerprint density at radius 3 is 2.62 bits per heavy atom. The number of halogens is 1. The Hall–Kier alpha value is -1.11. The third-order valence-electron chi connectivity index (χ3n) is 2.20. The van der Waals surface area contributed by atoms with E-state index in [1.165, 1.54) is 0 Å². The van der Waals surface area contributed by atoms with E-state index in [1.807, 2.05) is 39.0 Å². The van der Waals surface area contributed by atoms with Gasteiger partial charge in [0, 0.05) is 5.56 Å². The number of allylic oxidation sites excluding steroid dienone is 2. The molecule has 0 heterocycles. The van der Waals surface area contributed by atoms with E-state index in [1.54, 1.807) is 6.07 Å². The van der Waals surface area contributed by atoms with Gasteiger partial charge in [0.05, 0.1) is 0 Å². The van der Waals surface area contributed by atoms with Crippen LogP contribution in [0.25, 0.3) is 5.57 Å². The minimum absolute atomic E-state index is 0.116. The Kier molecular flexibility index (Phi) is 3.24. The summed E-state index contributed by atoms with van der Waals surface area (Å²) in [6.45, 7) is 5.88. The van der Waals surface area contributed by atoms with Crippen LogP contribution in [0.3, 0.4) is 0 Å². The van der Waals surface area contributed by atoms with E-state index in [0.29, 0.717) is 0 Å². The number of rotatable bonds is 2. The highest BCUT2D eigenvalue weighted by Crippen LogP contribution is 2.21. The van der Waals surface area contributed by atoms with Crippen molar-refractivity contribution < 1.29 is 4.39 Å². The van der Waals surface area contributed by atoms with Gasteiger partial charge in [-0.25, -0.2) is 4.39 Å². The monoisotopic (exact) mass is 178 g/mol. The maximum absolute atomic E-state index is 13.4. The molecular weight excluding hydrogens is 163 g/mol. The second-order valence-electron chi connectivity index (χ2n) is 3.15. The van der Waals surface area contributed by atoms with Gasteiger partial charge in [-0.2, -0.15) is 0 Å². The van der Waals surface area contributed by atoms with Crippen molar-refractivity contribution >= 4 is 5.57 Å². The summed E-state index contributed by atoms with van der Waals surface area (Å²) in [4.78, 5) is 0. The molecule has 0 aliphatic heterocycles. The van der Waals surface area contributed by atoms with Crippen LogP contribution < -0.4 is 0 Å². The molecule has 0 saturated heterocycles. The van der Waals surface area contributed by atoms with Gasteiger partial charge in [-0.05, 0) is 37.5 Å². The summed E-state index contributed by atoms with van der Waals surface area (Å²) < 4.78 is 13.4. The zero-order valence-corrected chi connectivity index (χ0v) is 8.39. The van der Waals surface area contributed by atoms with Crippen LogP contribution in [0.5, 0.6) is 0 Å². The number of hydrogen-bond donors (Lipinski definition) is 0. The van der Waals surface area contributed by atoms with Crippen molar-refractivity contribution in [2.24, 2.45) is 0 Å². The van der Waals surface area contributed by atoms with Gasteiger partial charge in [-0.3, -0.25) is 0 Å². The van der Waals surface area contributed by atoms with E-state index in [2.05, 4.69) is 0 Å². The molecule has 0 aliphatic carbocycles. The smallest absolute Gasteiger partial charge is 0.130 e. The quantitative estimate of drug-likeness (QED) is 0.643. The van der Waals surface area contributed by atoms with Gasteiger partial charge >= 0.3 is 0 Å². The zero-order chi connectivity index (χ0) is 9.84. The molecule has 0 aliphatic rings. The summed E-state index contributed by atoms with van der Waals surface area (Å²) in [6, 6.07) is 5.37. The number of hydrogen-bond acceptors (Lipinski definition) is 0. The van der Waals surface area contributed by atoms with Crippen molar-refractivity contribution in [1.29, 1.82) is 0 Å². The number of benzene rings is 1. The Bertz CT molecular complexity index is 324. The molecule has 0 nitrogen and oxygen atoms in total. The van der Waals surface area contributed by atoms with Gasteiger partial charge < -0.3 is 0 Å². The van der Waals surface area contributed by atoms with Gasteiger partial charge in [0.15, 0.2) is 0 Å². The first-order valence-corrected chi connectivity index (χ1v) is 4.60. The van der Waals surface area contributed by atoms with E-state index in [0.717, 1.165) is 23.1 Å². The molecule has 70 valence electrons. The molecule has 0 spiro atoms. The normalized spacial score (nSPS) is 11.8. The summed E-state index contributed by atoms with van der Waals surface area (Å²) in [7, 11) is 0. The average molecular weight is 178 g/mol. The highest BCUT2D eigenvalue weighted by Gasteiger charge is 2.04. The molecular formula is C12H15F. The van der Waals surface area contributed by atoms with Crippen molar-refractivity contribution in [1.82, 2.24) is 0 Å². The van der Waals surface area contributed by atoms with Gasteiger partial charge in [-0.1, -0.05) is 25.1 Å². The van der Waals surface area contributed by atoms with Crippen LogP contribution in [0, 0.1) is 12.7 Å². The van der Waals surface area contributed by atoms with E-state index < -0.39 is 0 Å². The van der Waals surface area contributed by atoms with Crippen LogP contribution >= 0.6 is 0 Å². The largest absolute Gasteiger partial charge is 0.206 e. The summed E-state index contributed by atoms with van der Waals surface area (Å²) in [6.07, 6.45) is 2.84. The van der Waals surface area contributed by atoms with Crippen molar-refractivity contribution in [3.05, 3.63) is 41.2 Å². The molecule has 0 amide bonds. The van der Waals surface area contributed by atoms with Crippen LogP contribution in [0.2, 0.25) is 0 Å². The lowest BCUT2D eigenvalue weighted by molar-refractivity contribution is 0.622. The van der Waals surface area contributed by atoms with E-state index in [9.17, 15) is 4.39 Å². The summed E-state index contributed by atoms with van der Waals surface area (Å²) in [5.41, 5.74) is 2.76. The zero-order valence-electron chi connectivity index (χ0n) is 8.39. The summed E-state index contributed by atoms with van der Waals surface area (Å²) in [5.74, 6) is -0.116. The fraction of sp³-hybridized carbons (Fsp3) is 0.333. The minimum atomic E-state index is -0.116. The number of aryl methyl sites for hydroxylation is 1. The lowest BCUT2D eigenvalue weighted by Crippen LogP contribution is -1.89. The van der Waals surface area contributed by atoms with Crippen LogP contribution in [-0.4, -0.2) is 0 Å². The maximum Gasteiger partial charge on any atom is 0.130 e. The fourth-order valence-corrected chi connectivity index (χ4v) is 1.43. The van der Waals surface area contributed by atoms with Crippen LogP contribution in [0.1, 0.15) is 31.4 Å². The minimum Gasteiger partial charge on any atom is -0.206 e. The average Bonchev–Trinajstić information content (AvgIpc) is 2.10. The van der Waals surface area contributed by atoms with Gasteiger partial charge in [0.25, 0.3) is 0 Å². The second kappa shape index (κ2) is 4.22.